The van der Waals surface area contributed by atoms with Crippen LogP contribution in [-0.4, -0.2) is 45.1 Å². The second-order valence-corrected chi connectivity index (χ2v) is 7.71. The molecule has 6 nitrogen and oxygen atoms in total. The molecule has 0 bridgehead atoms. The number of amides is 1. The number of fused-ring (bicyclic) bond motifs is 2. The van der Waals surface area contributed by atoms with Gasteiger partial charge < -0.3 is 14.8 Å². The number of nitrogens with zero attached hydrogens (tertiary/aromatic N) is 3. The topological polar surface area (TPSA) is 64.3 Å². The predicted molar refractivity (Wildman–Crippen MR) is 113 cm³/mol. The average molecular weight is 387 g/mol. The van der Waals surface area contributed by atoms with Gasteiger partial charge in [-0.25, -0.2) is 0 Å². The molecular weight excluding hydrogens is 362 g/mol. The van der Waals surface area contributed by atoms with Gasteiger partial charge in [0.05, 0.1) is 0 Å². The second-order valence-electron chi connectivity index (χ2n) is 7.71. The Morgan fingerprint density at radius 2 is 2.00 bits per heavy atom. The molecule has 2 aliphatic heterocycles. The maximum absolute atomic E-state index is 12.4. The van der Waals surface area contributed by atoms with Crippen molar-refractivity contribution in [3.8, 4) is 0 Å². The lowest BCUT2D eigenvalue weighted by molar-refractivity contribution is -0.138. The summed E-state index contributed by atoms with van der Waals surface area (Å²) in [7, 11) is 0. The molecule has 2 aliphatic rings. The zero-order valence-electron chi connectivity index (χ0n) is 16.3. The molecule has 0 saturated carbocycles. The zero-order chi connectivity index (χ0) is 19.6. The van der Waals surface area contributed by atoms with Crippen molar-refractivity contribution in [3.63, 3.8) is 0 Å². The Labute approximate surface area is 170 Å². The monoisotopic (exact) mass is 387 g/mol. The van der Waals surface area contributed by atoms with Crippen LogP contribution in [-0.2, 0) is 11.2 Å². The number of aryl methyl sites for hydroxylation is 1. The molecule has 1 aromatic carbocycles. The Hall–Kier alpha value is -3.12. The highest BCUT2D eigenvalue weighted by Crippen LogP contribution is 2.27. The summed E-state index contributed by atoms with van der Waals surface area (Å²) in [5.41, 5.74) is 3.76. The normalized spacial score (nSPS) is 21.6. The summed E-state index contributed by atoms with van der Waals surface area (Å²) in [5, 5.41) is 4.97. The minimum absolute atomic E-state index is 0.0866. The highest BCUT2D eigenvalue weighted by molar-refractivity contribution is 5.88. The molecule has 1 saturated heterocycles. The van der Waals surface area contributed by atoms with E-state index in [4.69, 9.17) is 0 Å². The van der Waals surface area contributed by atoms with Crippen molar-refractivity contribution in [1.82, 2.24) is 25.1 Å². The van der Waals surface area contributed by atoms with E-state index in [1.807, 2.05) is 23.5 Å². The van der Waals surface area contributed by atoms with Crippen LogP contribution < -0.4 is 5.32 Å². The van der Waals surface area contributed by atoms with E-state index in [0.717, 1.165) is 32.4 Å². The molecule has 0 spiro atoms. The summed E-state index contributed by atoms with van der Waals surface area (Å²) in [6.07, 6.45) is 12.2. The highest BCUT2D eigenvalue weighted by Gasteiger charge is 2.35. The van der Waals surface area contributed by atoms with E-state index < -0.39 is 0 Å². The standard InChI is InChI=1S/C23H25N5O/c29-22-10-14-27(13-3-4-18-16-25-21-6-2-1-5-19(18)21)23-26-20(9-15-28(22)23)17-7-11-24-12-8-17/h1-2,5-8,10-12,14,16,20,23,25-26H,3-4,9,13,15H2. The van der Waals surface area contributed by atoms with E-state index in [-0.39, 0.29) is 18.2 Å². The van der Waals surface area contributed by atoms with E-state index in [1.54, 1.807) is 6.08 Å². The third-order valence-electron chi connectivity index (χ3n) is 5.96. The highest BCUT2D eigenvalue weighted by atomic mass is 16.2. The number of hydrogen-bond donors (Lipinski definition) is 2. The summed E-state index contributed by atoms with van der Waals surface area (Å²) in [4.78, 5) is 24.0. The number of aromatic nitrogens is 2. The maximum atomic E-state index is 12.4. The average Bonchev–Trinajstić information content (AvgIpc) is 3.19. The third-order valence-corrected chi connectivity index (χ3v) is 5.96. The fraction of sp³-hybridized carbons (Fsp3) is 0.304. The summed E-state index contributed by atoms with van der Waals surface area (Å²) in [6, 6.07) is 12.8. The number of benzene rings is 1. The number of pyridine rings is 1. The van der Waals surface area contributed by atoms with Crippen LogP contribution in [0.25, 0.3) is 10.9 Å². The minimum Gasteiger partial charge on any atom is -0.361 e. The zero-order valence-corrected chi connectivity index (χ0v) is 16.3. The van der Waals surface area contributed by atoms with Crippen LogP contribution >= 0.6 is 0 Å². The van der Waals surface area contributed by atoms with E-state index in [1.165, 1.54) is 22.0 Å². The molecule has 4 heterocycles. The Bertz CT molecular complexity index is 1030. The first-order valence-corrected chi connectivity index (χ1v) is 10.2. The van der Waals surface area contributed by atoms with Crippen molar-refractivity contribution < 1.29 is 4.79 Å². The summed E-state index contributed by atoms with van der Waals surface area (Å²) < 4.78 is 0. The largest absolute Gasteiger partial charge is 0.361 e. The molecule has 3 aromatic rings. The van der Waals surface area contributed by atoms with Crippen LogP contribution in [0, 0.1) is 0 Å². The van der Waals surface area contributed by atoms with Crippen LogP contribution in [0.1, 0.15) is 30.0 Å². The first-order valence-electron chi connectivity index (χ1n) is 10.2. The molecule has 2 N–H and O–H groups in total. The number of aromatic amines is 1. The van der Waals surface area contributed by atoms with E-state index in [9.17, 15) is 4.79 Å². The lowest BCUT2D eigenvalue weighted by Gasteiger charge is -2.47. The van der Waals surface area contributed by atoms with Crippen molar-refractivity contribution >= 4 is 16.8 Å². The Kier molecular flexibility index (Phi) is 4.77. The van der Waals surface area contributed by atoms with Crippen LogP contribution in [0.5, 0.6) is 0 Å². The molecule has 5 rings (SSSR count). The molecule has 2 unspecified atom stereocenters. The molecule has 29 heavy (non-hydrogen) atoms. The van der Waals surface area contributed by atoms with Gasteiger partial charge in [0.15, 0.2) is 6.29 Å². The minimum atomic E-state index is -0.0950. The Balaban J connectivity index is 1.27. The van der Waals surface area contributed by atoms with Gasteiger partial charge in [0.25, 0.3) is 5.91 Å². The van der Waals surface area contributed by atoms with E-state index in [0.29, 0.717) is 0 Å². The van der Waals surface area contributed by atoms with Crippen molar-refractivity contribution in [2.75, 3.05) is 13.1 Å². The first-order chi connectivity index (χ1) is 14.3. The Morgan fingerprint density at radius 3 is 2.90 bits per heavy atom. The number of hydrogen-bond acceptors (Lipinski definition) is 4. The Morgan fingerprint density at radius 1 is 1.14 bits per heavy atom. The third kappa shape index (κ3) is 3.51. The lowest BCUT2D eigenvalue weighted by atomic mass is 10.0. The summed E-state index contributed by atoms with van der Waals surface area (Å²) in [6.45, 7) is 1.65. The first kappa shape index (κ1) is 17.9. The molecular formula is C23H25N5O. The van der Waals surface area contributed by atoms with Gasteiger partial charge in [-0.2, -0.15) is 0 Å². The lowest BCUT2D eigenvalue weighted by Crippen LogP contribution is -2.63. The van der Waals surface area contributed by atoms with Gasteiger partial charge in [0.1, 0.15) is 0 Å². The van der Waals surface area contributed by atoms with Gasteiger partial charge in [-0.3, -0.25) is 15.1 Å². The van der Waals surface area contributed by atoms with Gasteiger partial charge in [0.2, 0.25) is 0 Å². The van der Waals surface area contributed by atoms with Crippen molar-refractivity contribution in [1.29, 1.82) is 0 Å². The number of H-pyrrole nitrogens is 1. The smallest absolute Gasteiger partial charge is 0.250 e. The van der Waals surface area contributed by atoms with Crippen molar-refractivity contribution in [3.05, 3.63) is 78.4 Å². The molecule has 2 atom stereocenters. The van der Waals surface area contributed by atoms with Gasteiger partial charge >= 0.3 is 0 Å². The molecule has 2 aromatic heterocycles. The quantitative estimate of drug-likeness (QED) is 0.706. The molecule has 1 amide bonds. The fourth-order valence-corrected chi connectivity index (χ4v) is 4.43. The van der Waals surface area contributed by atoms with Gasteiger partial charge in [-0.1, -0.05) is 18.2 Å². The number of carbonyl (C=O) groups is 1. The number of carbonyl (C=O) groups excluding carboxylic acids is 1. The van der Waals surface area contributed by atoms with Crippen LogP contribution in [0.2, 0.25) is 0 Å². The molecule has 0 aliphatic carbocycles. The van der Waals surface area contributed by atoms with Crippen molar-refractivity contribution in [2.24, 2.45) is 0 Å². The van der Waals surface area contributed by atoms with E-state index in [2.05, 4.69) is 62.8 Å². The molecule has 6 heteroatoms. The van der Waals surface area contributed by atoms with Crippen LogP contribution in [0.15, 0.2) is 67.3 Å². The molecule has 1 fully saturated rings. The van der Waals surface area contributed by atoms with Gasteiger partial charge in [-0.15, -0.1) is 0 Å². The van der Waals surface area contributed by atoms with Gasteiger partial charge in [-0.05, 0) is 48.6 Å². The molecule has 0 radical (unpaired) electrons. The van der Waals surface area contributed by atoms with Gasteiger partial charge in [0, 0.05) is 60.9 Å². The fourth-order valence-electron chi connectivity index (χ4n) is 4.43. The molecule has 148 valence electrons. The number of nitrogens with one attached hydrogen (secondary N) is 2. The van der Waals surface area contributed by atoms with E-state index >= 15 is 0 Å². The maximum Gasteiger partial charge on any atom is 0.250 e. The predicted octanol–water partition coefficient (Wildman–Crippen LogP) is 3.17. The summed E-state index contributed by atoms with van der Waals surface area (Å²) in [5.74, 6) is 0.0866. The summed E-state index contributed by atoms with van der Waals surface area (Å²) >= 11 is 0. The van der Waals surface area contributed by atoms with Crippen LogP contribution in [0.4, 0.5) is 0 Å². The SMILES string of the molecule is O=C1C=CN(CCCc2c[nH]c3ccccc23)C2NC(c3ccncc3)CCN12. The number of para-hydroxylation sites is 1. The second kappa shape index (κ2) is 7.72. The van der Waals surface area contributed by atoms with Crippen LogP contribution in [0.3, 0.4) is 0 Å². The number of rotatable bonds is 5. The van der Waals surface area contributed by atoms with Crippen molar-refractivity contribution in [2.45, 2.75) is 31.6 Å².